The molecule has 4 rings (SSSR count). The molecule has 3 aromatic rings. The lowest BCUT2D eigenvalue weighted by Gasteiger charge is -2.20. The Kier molecular flexibility index (Phi) is 4.03. The predicted octanol–water partition coefficient (Wildman–Crippen LogP) is 3.16. The maximum atomic E-state index is 13.0. The van der Waals surface area contributed by atoms with Crippen molar-refractivity contribution < 1.29 is 4.79 Å². The van der Waals surface area contributed by atoms with Gasteiger partial charge in [0, 0.05) is 43.0 Å². The molecule has 6 heteroatoms. The molecule has 1 aliphatic heterocycles. The molecule has 1 aliphatic rings. The van der Waals surface area contributed by atoms with Crippen LogP contribution in [0.15, 0.2) is 42.7 Å². The van der Waals surface area contributed by atoms with E-state index >= 15 is 0 Å². The van der Waals surface area contributed by atoms with Gasteiger partial charge in [0.1, 0.15) is 11.5 Å². The molecule has 2 aromatic heterocycles. The lowest BCUT2D eigenvalue weighted by atomic mass is 10.0. The van der Waals surface area contributed by atoms with E-state index in [2.05, 4.69) is 36.1 Å². The molecule has 1 amide bonds. The summed E-state index contributed by atoms with van der Waals surface area (Å²) in [5.74, 6) is 0.992. The van der Waals surface area contributed by atoms with Crippen LogP contribution in [-0.4, -0.2) is 30.6 Å². The summed E-state index contributed by atoms with van der Waals surface area (Å²) in [6.07, 6.45) is 3.64. The van der Waals surface area contributed by atoms with Gasteiger partial charge >= 0.3 is 0 Å². The minimum Gasteiger partial charge on any atom is -0.328 e. The van der Waals surface area contributed by atoms with Gasteiger partial charge in [0.25, 0.3) is 5.91 Å². The molecule has 132 valence electrons. The lowest BCUT2D eigenvalue weighted by molar-refractivity contribution is 0.0725. The van der Waals surface area contributed by atoms with Gasteiger partial charge in [0.15, 0.2) is 0 Å². The van der Waals surface area contributed by atoms with Gasteiger partial charge in [0.2, 0.25) is 0 Å². The second-order valence-electron chi connectivity index (χ2n) is 6.95. The average molecular weight is 347 g/mol. The lowest BCUT2D eigenvalue weighted by Crippen LogP contribution is -2.30. The number of hydrogen-bond donors (Lipinski definition) is 0. The van der Waals surface area contributed by atoms with Crippen LogP contribution in [0.3, 0.4) is 0 Å². The Bertz CT molecular complexity index is 976. The Hall–Kier alpha value is -3.02. The third-order valence-corrected chi connectivity index (χ3v) is 4.61. The molecule has 0 fully saturated rings. The third-order valence-electron chi connectivity index (χ3n) is 4.61. The van der Waals surface area contributed by atoms with Gasteiger partial charge < -0.3 is 4.90 Å². The number of aryl methyl sites for hydroxylation is 1. The molecular formula is C20H21N5O. The number of carbonyl (C=O) groups is 1. The smallest absolute Gasteiger partial charge is 0.274 e. The van der Waals surface area contributed by atoms with Crippen LogP contribution in [0.4, 0.5) is 0 Å². The van der Waals surface area contributed by atoms with Gasteiger partial charge in [-0.15, -0.1) is 0 Å². The number of carbonyl (C=O) groups excluding carboxylic acids is 1. The minimum absolute atomic E-state index is 0.0822. The molecule has 6 nitrogen and oxygen atoms in total. The van der Waals surface area contributed by atoms with Gasteiger partial charge in [-0.25, -0.2) is 9.97 Å². The molecular weight excluding hydrogens is 326 g/mol. The number of rotatable bonds is 2. The second kappa shape index (κ2) is 6.37. The van der Waals surface area contributed by atoms with Gasteiger partial charge in [-0.1, -0.05) is 38.1 Å². The van der Waals surface area contributed by atoms with E-state index in [1.807, 2.05) is 30.3 Å². The van der Waals surface area contributed by atoms with E-state index in [4.69, 9.17) is 4.98 Å². The highest BCUT2D eigenvalue weighted by atomic mass is 16.2. The molecule has 0 saturated carbocycles. The highest BCUT2D eigenvalue weighted by molar-refractivity contribution is 5.92. The normalized spacial score (nSPS) is 13.3. The van der Waals surface area contributed by atoms with Crippen LogP contribution in [0.25, 0.3) is 11.3 Å². The first kappa shape index (κ1) is 16.4. The zero-order chi connectivity index (χ0) is 18.3. The zero-order valence-corrected chi connectivity index (χ0v) is 15.2. The number of hydrogen-bond acceptors (Lipinski definition) is 4. The average Bonchev–Trinajstić information content (AvgIpc) is 2.99. The molecule has 3 heterocycles. The van der Waals surface area contributed by atoms with Crippen molar-refractivity contribution in [3.8, 4) is 11.3 Å². The van der Waals surface area contributed by atoms with E-state index < -0.39 is 0 Å². The topological polar surface area (TPSA) is 63.9 Å². The van der Waals surface area contributed by atoms with Crippen molar-refractivity contribution in [1.82, 2.24) is 24.6 Å². The number of aromatic nitrogens is 4. The van der Waals surface area contributed by atoms with Crippen LogP contribution in [0, 0.1) is 0 Å². The summed E-state index contributed by atoms with van der Waals surface area (Å²) in [7, 11) is 1.81. The minimum atomic E-state index is -0.0822. The van der Waals surface area contributed by atoms with Crippen LogP contribution in [-0.2, 0) is 20.1 Å². The van der Waals surface area contributed by atoms with Crippen molar-refractivity contribution in [3.63, 3.8) is 0 Å². The third kappa shape index (κ3) is 2.87. The number of nitrogens with zero attached hydrogens (tertiary/aromatic N) is 5. The fourth-order valence-electron chi connectivity index (χ4n) is 3.24. The molecule has 0 spiro atoms. The molecule has 0 bridgehead atoms. The Morgan fingerprint density at radius 1 is 1.12 bits per heavy atom. The molecule has 0 unspecified atom stereocenters. The van der Waals surface area contributed by atoms with Crippen LogP contribution >= 0.6 is 0 Å². The Morgan fingerprint density at radius 2 is 1.88 bits per heavy atom. The number of fused-ring (bicyclic) bond motifs is 3. The van der Waals surface area contributed by atoms with E-state index in [0.717, 1.165) is 28.2 Å². The zero-order valence-electron chi connectivity index (χ0n) is 15.2. The summed E-state index contributed by atoms with van der Waals surface area (Å²) in [4.78, 5) is 24.1. The van der Waals surface area contributed by atoms with Crippen LogP contribution in [0.1, 0.15) is 47.2 Å². The van der Waals surface area contributed by atoms with E-state index in [1.165, 1.54) is 0 Å². The molecule has 1 aromatic carbocycles. The summed E-state index contributed by atoms with van der Waals surface area (Å²) < 4.78 is 1.64. The van der Waals surface area contributed by atoms with Crippen molar-refractivity contribution in [2.45, 2.75) is 32.9 Å². The summed E-state index contributed by atoms with van der Waals surface area (Å²) >= 11 is 0. The Morgan fingerprint density at radius 3 is 2.62 bits per heavy atom. The molecule has 0 radical (unpaired) electrons. The molecule has 0 atom stereocenters. The fraction of sp³-hybridized carbons (Fsp3) is 0.300. The van der Waals surface area contributed by atoms with Crippen LogP contribution in [0.2, 0.25) is 0 Å². The van der Waals surface area contributed by atoms with Crippen LogP contribution in [0.5, 0.6) is 0 Å². The Balaban J connectivity index is 1.80. The Labute approximate surface area is 152 Å². The van der Waals surface area contributed by atoms with Gasteiger partial charge in [-0.3, -0.25) is 9.48 Å². The van der Waals surface area contributed by atoms with Crippen molar-refractivity contribution in [2.24, 2.45) is 7.05 Å². The predicted molar refractivity (Wildman–Crippen MR) is 98.3 cm³/mol. The van der Waals surface area contributed by atoms with Crippen LogP contribution < -0.4 is 0 Å². The van der Waals surface area contributed by atoms with E-state index in [9.17, 15) is 4.79 Å². The maximum Gasteiger partial charge on any atom is 0.274 e. The number of amides is 1. The molecule has 26 heavy (non-hydrogen) atoms. The van der Waals surface area contributed by atoms with Gasteiger partial charge in [-0.05, 0) is 11.6 Å². The SMILES string of the molecule is CC(C)c1ncc2c(n1)-c1ccccc1CN(C(=O)c1ccn(C)n1)C2. The molecule has 0 saturated heterocycles. The summed E-state index contributed by atoms with van der Waals surface area (Å²) in [5, 5.41) is 4.26. The maximum absolute atomic E-state index is 13.0. The quantitative estimate of drug-likeness (QED) is 0.714. The van der Waals surface area contributed by atoms with Crippen molar-refractivity contribution in [3.05, 3.63) is 65.4 Å². The van der Waals surface area contributed by atoms with Crippen molar-refractivity contribution in [1.29, 1.82) is 0 Å². The first-order valence-electron chi connectivity index (χ1n) is 8.76. The van der Waals surface area contributed by atoms with Gasteiger partial charge in [0.05, 0.1) is 12.2 Å². The van der Waals surface area contributed by atoms with Crippen molar-refractivity contribution >= 4 is 5.91 Å². The van der Waals surface area contributed by atoms with Gasteiger partial charge in [-0.2, -0.15) is 5.10 Å². The monoisotopic (exact) mass is 347 g/mol. The first-order valence-corrected chi connectivity index (χ1v) is 8.76. The van der Waals surface area contributed by atoms with E-state index in [-0.39, 0.29) is 11.8 Å². The molecule has 0 aliphatic carbocycles. The highest BCUT2D eigenvalue weighted by Gasteiger charge is 2.26. The first-order chi connectivity index (χ1) is 12.5. The molecule has 0 N–H and O–H groups in total. The second-order valence-corrected chi connectivity index (χ2v) is 6.95. The standard InChI is InChI=1S/C20H21N5O/c1-13(2)19-21-10-15-12-25(20(26)17-8-9-24(3)23-17)11-14-6-4-5-7-16(14)18(15)22-19/h4-10,13H,11-12H2,1-3H3. The van der Waals surface area contributed by atoms with E-state index in [1.54, 1.807) is 16.9 Å². The summed E-state index contributed by atoms with van der Waals surface area (Å²) in [6.45, 7) is 5.17. The summed E-state index contributed by atoms with van der Waals surface area (Å²) in [5.41, 5.74) is 4.50. The van der Waals surface area contributed by atoms with Crippen molar-refractivity contribution in [2.75, 3.05) is 0 Å². The highest BCUT2D eigenvalue weighted by Crippen LogP contribution is 2.32. The summed E-state index contributed by atoms with van der Waals surface area (Å²) in [6, 6.07) is 9.88. The largest absolute Gasteiger partial charge is 0.328 e. The fourth-order valence-corrected chi connectivity index (χ4v) is 3.24. The van der Waals surface area contributed by atoms with E-state index in [0.29, 0.717) is 18.8 Å². The number of benzene rings is 1.